The molecular weight excluding hydrogens is 438 g/mol. The van der Waals surface area contributed by atoms with E-state index in [9.17, 15) is 19.8 Å². The molecule has 4 rings (SSSR count). The average molecular weight is 456 g/mol. The molecule has 2 N–H and O–H groups in total. The van der Waals surface area contributed by atoms with Crippen LogP contribution in [0.4, 0.5) is 5.69 Å². The number of amides is 1. The number of ketones is 1. The summed E-state index contributed by atoms with van der Waals surface area (Å²) in [5, 5.41) is 23.6. The molecule has 8 heteroatoms. The summed E-state index contributed by atoms with van der Waals surface area (Å²) < 4.78 is 5.14. The lowest BCUT2D eigenvalue weighted by Gasteiger charge is -2.25. The monoisotopic (exact) mass is 455 g/mol. The molecule has 6 nitrogen and oxygen atoms in total. The fourth-order valence-corrected chi connectivity index (χ4v) is 4.67. The second kappa shape index (κ2) is 8.09. The number of aliphatic hydroxyl groups excluding tert-OH is 1. The van der Waals surface area contributed by atoms with Crippen LogP contribution < -0.4 is 9.64 Å². The number of aliphatic hydroxyl groups is 1. The molecule has 1 aromatic heterocycles. The molecule has 0 bridgehead atoms. The van der Waals surface area contributed by atoms with E-state index in [0.29, 0.717) is 10.6 Å². The van der Waals surface area contributed by atoms with E-state index in [1.807, 2.05) is 12.3 Å². The number of rotatable bonds is 4. The first kappa shape index (κ1) is 21.0. The van der Waals surface area contributed by atoms with Crippen LogP contribution in [-0.4, -0.2) is 29.0 Å². The molecule has 2 aromatic carbocycles. The highest BCUT2D eigenvalue weighted by Gasteiger charge is 2.48. The molecule has 0 aliphatic carbocycles. The predicted molar refractivity (Wildman–Crippen MR) is 120 cm³/mol. The average Bonchev–Trinajstić information content (AvgIpc) is 3.36. The number of anilines is 1. The Labute approximate surface area is 187 Å². The van der Waals surface area contributed by atoms with Crippen molar-refractivity contribution in [3.05, 3.63) is 80.5 Å². The summed E-state index contributed by atoms with van der Waals surface area (Å²) in [5.74, 6) is -1.75. The molecule has 2 heterocycles. The Balaban J connectivity index is 1.94. The van der Waals surface area contributed by atoms with Gasteiger partial charge in [-0.2, -0.15) is 0 Å². The molecule has 1 atom stereocenters. The van der Waals surface area contributed by atoms with Crippen molar-refractivity contribution in [2.24, 2.45) is 0 Å². The number of ether oxygens (including phenoxy) is 1. The van der Waals surface area contributed by atoms with Crippen LogP contribution in [0.5, 0.6) is 11.5 Å². The van der Waals surface area contributed by atoms with E-state index < -0.39 is 17.7 Å². The normalized spacial score (nSPS) is 17.9. The van der Waals surface area contributed by atoms with E-state index >= 15 is 0 Å². The summed E-state index contributed by atoms with van der Waals surface area (Å²) in [6.45, 7) is 1.82. The first-order chi connectivity index (χ1) is 14.8. The fourth-order valence-electron chi connectivity index (χ4n) is 3.59. The largest absolute Gasteiger partial charge is 0.507 e. The smallest absolute Gasteiger partial charge is 0.300 e. The maximum atomic E-state index is 13.1. The van der Waals surface area contributed by atoms with Gasteiger partial charge in [0.2, 0.25) is 0 Å². The molecule has 1 fully saturated rings. The van der Waals surface area contributed by atoms with Crippen LogP contribution in [0.1, 0.15) is 22.0 Å². The van der Waals surface area contributed by atoms with Crippen molar-refractivity contribution in [1.82, 2.24) is 0 Å². The van der Waals surface area contributed by atoms with E-state index in [0.717, 1.165) is 5.56 Å². The SMILES string of the molecule is COc1ccc(/C(O)=C2/C(=O)C(=O)N(c3cc(C)ccc3O)C2c2cccs2)cc1Cl. The first-order valence-corrected chi connectivity index (χ1v) is 10.6. The van der Waals surface area contributed by atoms with Crippen molar-refractivity contribution < 1.29 is 24.5 Å². The summed E-state index contributed by atoms with van der Waals surface area (Å²) in [4.78, 5) is 28.0. The molecule has 1 unspecified atom stereocenters. The number of halogens is 1. The van der Waals surface area contributed by atoms with E-state index in [-0.39, 0.29) is 33.4 Å². The molecule has 31 heavy (non-hydrogen) atoms. The van der Waals surface area contributed by atoms with E-state index in [2.05, 4.69) is 0 Å². The third kappa shape index (κ3) is 3.56. The molecule has 0 saturated carbocycles. The fraction of sp³-hybridized carbons (Fsp3) is 0.130. The summed E-state index contributed by atoms with van der Waals surface area (Å²) >= 11 is 7.53. The second-order valence-corrected chi connectivity index (χ2v) is 8.41. The molecule has 1 saturated heterocycles. The Hall–Kier alpha value is -3.29. The Morgan fingerprint density at radius 2 is 1.94 bits per heavy atom. The number of nitrogens with zero attached hydrogens (tertiary/aromatic N) is 1. The van der Waals surface area contributed by atoms with Gasteiger partial charge in [-0.1, -0.05) is 23.7 Å². The van der Waals surface area contributed by atoms with Crippen molar-refractivity contribution in [3.8, 4) is 11.5 Å². The number of aryl methyl sites for hydroxylation is 1. The van der Waals surface area contributed by atoms with Gasteiger partial charge in [0.1, 0.15) is 23.3 Å². The number of Topliss-reactive ketones (excluding diaryl/α,β-unsaturated/α-hetero) is 1. The van der Waals surface area contributed by atoms with E-state index in [4.69, 9.17) is 16.3 Å². The zero-order valence-corrected chi connectivity index (χ0v) is 18.2. The van der Waals surface area contributed by atoms with Crippen molar-refractivity contribution in [2.45, 2.75) is 13.0 Å². The number of benzene rings is 2. The van der Waals surface area contributed by atoms with Crippen LogP contribution in [0.2, 0.25) is 5.02 Å². The van der Waals surface area contributed by atoms with Crippen molar-refractivity contribution in [1.29, 1.82) is 0 Å². The number of phenolic OH excluding ortho intramolecular Hbond substituents is 1. The number of thiophene rings is 1. The Morgan fingerprint density at radius 1 is 1.16 bits per heavy atom. The van der Waals surface area contributed by atoms with Gasteiger partial charge in [0, 0.05) is 10.4 Å². The van der Waals surface area contributed by atoms with Crippen LogP contribution in [-0.2, 0) is 9.59 Å². The van der Waals surface area contributed by atoms with Gasteiger partial charge in [0.15, 0.2) is 0 Å². The van der Waals surface area contributed by atoms with Crippen LogP contribution in [0.3, 0.4) is 0 Å². The van der Waals surface area contributed by atoms with Gasteiger partial charge < -0.3 is 14.9 Å². The lowest BCUT2D eigenvalue weighted by molar-refractivity contribution is -0.132. The number of carbonyl (C=O) groups excluding carboxylic acids is 2. The second-order valence-electron chi connectivity index (χ2n) is 7.03. The first-order valence-electron chi connectivity index (χ1n) is 9.31. The minimum absolute atomic E-state index is 0.0745. The summed E-state index contributed by atoms with van der Waals surface area (Å²) in [7, 11) is 1.47. The highest BCUT2D eigenvalue weighted by molar-refractivity contribution is 7.10. The summed E-state index contributed by atoms with van der Waals surface area (Å²) in [6.07, 6.45) is 0. The van der Waals surface area contributed by atoms with Crippen LogP contribution in [0, 0.1) is 6.92 Å². The molecule has 3 aromatic rings. The quantitative estimate of drug-likeness (QED) is 0.326. The van der Waals surface area contributed by atoms with Crippen molar-refractivity contribution in [2.75, 3.05) is 12.0 Å². The van der Waals surface area contributed by atoms with Crippen LogP contribution in [0.25, 0.3) is 5.76 Å². The lowest BCUT2D eigenvalue weighted by atomic mass is 9.99. The zero-order valence-electron chi connectivity index (χ0n) is 16.6. The zero-order chi connectivity index (χ0) is 22.3. The number of phenols is 1. The number of carbonyl (C=O) groups is 2. The number of hydrogen-bond donors (Lipinski definition) is 2. The molecule has 0 spiro atoms. The molecule has 0 radical (unpaired) electrons. The van der Waals surface area contributed by atoms with Gasteiger partial charge in [-0.25, -0.2) is 0 Å². The van der Waals surface area contributed by atoms with Gasteiger partial charge >= 0.3 is 0 Å². The molecule has 158 valence electrons. The van der Waals surface area contributed by atoms with Gasteiger partial charge in [-0.3, -0.25) is 14.5 Å². The lowest BCUT2D eigenvalue weighted by Crippen LogP contribution is -2.29. The van der Waals surface area contributed by atoms with Crippen LogP contribution in [0.15, 0.2) is 59.5 Å². The standard InChI is InChI=1S/C23H18ClNO5S/c1-12-5-7-16(26)15(10-12)25-20(18-4-3-9-31-18)19(22(28)23(25)29)21(27)13-6-8-17(30-2)14(24)11-13/h3-11,20,26-27H,1-2H3/b21-19-. The predicted octanol–water partition coefficient (Wildman–Crippen LogP) is 5.05. The van der Waals surface area contributed by atoms with Crippen LogP contribution >= 0.6 is 22.9 Å². The van der Waals surface area contributed by atoms with Crippen molar-refractivity contribution in [3.63, 3.8) is 0 Å². The summed E-state index contributed by atoms with van der Waals surface area (Å²) in [6, 6.07) is 12.1. The molecule has 1 aliphatic rings. The van der Waals surface area contributed by atoms with Gasteiger partial charge in [0.25, 0.3) is 11.7 Å². The topological polar surface area (TPSA) is 87.1 Å². The third-order valence-corrected chi connectivity index (χ3v) is 6.29. The molecular formula is C23H18ClNO5S. The van der Waals surface area contributed by atoms with Gasteiger partial charge in [0.05, 0.1) is 23.4 Å². The Bertz CT molecular complexity index is 1220. The van der Waals surface area contributed by atoms with E-state index in [1.165, 1.54) is 35.5 Å². The Kier molecular flexibility index (Phi) is 5.47. The summed E-state index contributed by atoms with van der Waals surface area (Å²) in [5.41, 5.74) is 1.21. The third-order valence-electron chi connectivity index (χ3n) is 5.07. The highest BCUT2D eigenvalue weighted by Crippen LogP contribution is 2.46. The van der Waals surface area contributed by atoms with Gasteiger partial charge in [-0.05, 0) is 54.3 Å². The molecule has 1 aliphatic heterocycles. The minimum Gasteiger partial charge on any atom is -0.507 e. The Morgan fingerprint density at radius 3 is 2.58 bits per heavy atom. The van der Waals surface area contributed by atoms with Gasteiger partial charge in [-0.15, -0.1) is 11.3 Å². The highest BCUT2D eigenvalue weighted by atomic mass is 35.5. The number of aromatic hydroxyl groups is 1. The number of methoxy groups -OCH3 is 1. The van der Waals surface area contributed by atoms with E-state index in [1.54, 1.807) is 36.4 Å². The maximum absolute atomic E-state index is 13.1. The number of hydrogen-bond acceptors (Lipinski definition) is 6. The molecule has 1 amide bonds. The minimum atomic E-state index is -0.895. The van der Waals surface area contributed by atoms with Crippen molar-refractivity contribution >= 4 is 46.1 Å². The maximum Gasteiger partial charge on any atom is 0.300 e.